The summed E-state index contributed by atoms with van der Waals surface area (Å²) in [7, 11) is -9.91. The summed E-state index contributed by atoms with van der Waals surface area (Å²) in [5.74, 6) is -1.32. The van der Waals surface area contributed by atoms with Crippen LogP contribution in [0.25, 0.3) is 0 Å². The predicted octanol–water partition coefficient (Wildman–Crippen LogP) is 23.6. The Morgan fingerprint density at radius 3 is 0.694 bits per heavy atom. The van der Waals surface area contributed by atoms with E-state index in [9.17, 15) is 43.2 Å². The molecular formula is C79H154O17P2. The molecule has 17 nitrogen and oxygen atoms in total. The maximum atomic E-state index is 13.1. The van der Waals surface area contributed by atoms with Gasteiger partial charge in [0.15, 0.2) is 12.2 Å². The van der Waals surface area contributed by atoms with E-state index in [0.29, 0.717) is 25.7 Å². The second kappa shape index (κ2) is 72.0. The molecule has 0 amide bonds. The van der Waals surface area contributed by atoms with Crippen LogP contribution in [0.15, 0.2) is 0 Å². The Bertz CT molecular complexity index is 1870. The van der Waals surface area contributed by atoms with Crippen molar-refractivity contribution in [3.05, 3.63) is 0 Å². The van der Waals surface area contributed by atoms with Crippen LogP contribution >= 0.6 is 15.6 Å². The first-order valence-electron chi connectivity index (χ1n) is 41.1. The number of aliphatic hydroxyl groups excluding tert-OH is 1. The summed E-state index contributed by atoms with van der Waals surface area (Å²) in [5, 5.41) is 10.6. The lowest BCUT2D eigenvalue weighted by Crippen LogP contribution is -2.30. The van der Waals surface area contributed by atoms with E-state index in [1.807, 2.05) is 0 Å². The third kappa shape index (κ3) is 72.4. The summed E-state index contributed by atoms with van der Waals surface area (Å²) in [4.78, 5) is 72.9. The Hall–Kier alpha value is -1.94. The first-order chi connectivity index (χ1) is 47.5. The zero-order valence-electron chi connectivity index (χ0n) is 63.9. The fourth-order valence-corrected chi connectivity index (χ4v) is 13.8. The number of phosphoric acid groups is 2. The van der Waals surface area contributed by atoms with E-state index in [1.165, 1.54) is 244 Å². The molecule has 0 aromatic carbocycles. The Morgan fingerprint density at radius 1 is 0.276 bits per heavy atom. The molecule has 0 radical (unpaired) electrons. The number of esters is 4. The van der Waals surface area contributed by atoms with Crippen molar-refractivity contribution in [3.8, 4) is 0 Å². The number of ether oxygens (including phenoxy) is 4. The Balaban J connectivity index is 5.24. The lowest BCUT2D eigenvalue weighted by atomic mass is 10.0. The molecule has 0 saturated heterocycles. The summed E-state index contributed by atoms with van der Waals surface area (Å²) in [6, 6.07) is 0. The molecule has 0 saturated carbocycles. The smallest absolute Gasteiger partial charge is 0.462 e. The summed E-state index contributed by atoms with van der Waals surface area (Å²) in [6.07, 6.45) is 62.3. The van der Waals surface area contributed by atoms with E-state index in [4.69, 9.17) is 37.0 Å². The molecular weight excluding hydrogens is 1280 g/mol. The van der Waals surface area contributed by atoms with Gasteiger partial charge in [-0.15, -0.1) is 0 Å². The van der Waals surface area contributed by atoms with Gasteiger partial charge in [-0.25, -0.2) is 9.13 Å². The van der Waals surface area contributed by atoms with Crippen LogP contribution in [0.4, 0.5) is 0 Å². The molecule has 0 spiro atoms. The predicted molar refractivity (Wildman–Crippen MR) is 400 cm³/mol. The fourth-order valence-electron chi connectivity index (χ4n) is 12.2. The van der Waals surface area contributed by atoms with E-state index < -0.39 is 97.5 Å². The Labute approximate surface area is 600 Å². The summed E-state index contributed by atoms with van der Waals surface area (Å²) in [5.41, 5.74) is 0. The topological polar surface area (TPSA) is 237 Å². The number of rotatable bonds is 79. The van der Waals surface area contributed by atoms with Crippen LogP contribution in [0.5, 0.6) is 0 Å². The number of aliphatic hydroxyl groups is 1. The molecule has 0 aliphatic carbocycles. The Morgan fingerprint density at radius 2 is 0.469 bits per heavy atom. The quantitative estimate of drug-likeness (QED) is 0.0222. The lowest BCUT2D eigenvalue weighted by Gasteiger charge is -2.21. The van der Waals surface area contributed by atoms with Crippen molar-refractivity contribution in [1.29, 1.82) is 0 Å². The van der Waals surface area contributed by atoms with Crippen molar-refractivity contribution < 1.29 is 80.2 Å². The second-order valence-corrected chi connectivity index (χ2v) is 31.8. The molecule has 0 heterocycles. The van der Waals surface area contributed by atoms with Gasteiger partial charge in [0.2, 0.25) is 0 Å². The molecule has 0 aliphatic heterocycles. The van der Waals surface area contributed by atoms with Crippen LogP contribution in [0, 0.1) is 5.92 Å². The van der Waals surface area contributed by atoms with E-state index in [0.717, 1.165) is 95.8 Å². The third-order valence-electron chi connectivity index (χ3n) is 18.5. The average Bonchev–Trinajstić information content (AvgIpc) is 1.03. The van der Waals surface area contributed by atoms with Crippen molar-refractivity contribution in [1.82, 2.24) is 0 Å². The van der Waals surface area contributed by atoms with Crippen molar-refractivity contribution >= 4 is 39.5 Å². The number of hydrogen-bond acceptors (Lipinski definition) is 15. The molecule has 0 aromatic heterocycles. The van der Waals surface area contributed by atoms with Crippen molar-refractivity contribution in [2.75, 3.05) is 39.6 Å². The third-order valence-corrected chi connectivity index (χ3v) is 20.4. The van der Waals surface area contributed by atoms with Gasteiger partial charge in [0.1, 0.15) is 19.3 Å². The highest BCUT2D eigenvalue weighted by Crippen LogP contribution is 2.45. The summed E-state index contributed by atoms with van der Waals surface area (Å²) < 4.78 is 68.6. The number of hydrogen-bond donors (Lipinski definition) is 3. The standard InChI is InChI=1S/C79H154O17P2/c1-6-9-12-15-18-21-24-26-28-29-30-31-35-40-45-50-55-60-65-79(84)96-75(69-90-77(82)63-58-53-48-43-38-36-32-33-37-41-46-51-56-61-72(4)5)71-94-98(87,88)92-67-73(80)66-91-97(85,86)93-70-74(68-89-76(81)62-57-52-47-42-23-20-17-14-11-8-3)95-78(83)64-59-54-49-44-39-34-27-25-22-19-16-13-10-7-2/h72-75,80H,6-71H2,1-5H3,(H,85,86)(H,87,88)/t73-,74+,75+/m0/s1. The van der Waals surface area contributed by atoms with Gasteiger partial charge < -0.3 is 33.8 Å². The molecule has 5 atom stereocenters. The van der Waals surface area contributed by atoms with Gasteiger partial charge in [-0.05, 0) is 31.6 Å². The molecule has 0 aromatic rings. The minimum Gasteiger partial charge on any atom is -0.462 e. The minimum atomic E-state index is -4.96. The van der Waals surface area contributed by atoms with E-state index in [2.05, 4.69) is 34.6 Å². The normalized spacial score (nSPS) is 13.9. The van der Waals surface area contributed by atoms with Gasteiger partial charge in [-0.3, -0.25) is 37.3 Å². The zero-order chi connectivity index (χ0) is 71.9. The highest BCUT2D eigenvalue weighted by Gasteiger charge is 2.30. The number of carbonyl (C=O) groups excluding carboxylic acids is 4. The minimum absolute atomic E-state index is 0.108. The summed E-state index contributed by atoms with van der Waals surface area (Å²) >= 11 is 0. The molecule has 98 heavy (non-hydrogen) atoms. The largest absolute Gasteiger partial charge is 0.472 e. The van der Waals surface area contributed by atoms with Crippen LogP contribution in [0.2, 0.25) is 0 Å². The van der Waals surface area contributed by atoms with Crippen LogP contribution < -0.4 is 0 Å². The van der Waals surface area contributed by atoms with Gasteiger partial charge >= 0.3 is 39.5 Å². The van der Waals surface area contributed by atoms with Gasteiger partial charge in [0, 0.05) is 25.7 Å². The maximum Gasteiger partial charge on any atom is 0.472 e. The SMILES string of the molecule is CCCCCCCCCCCCCCCCCCCCC(=O)O[C@H](COC(=O)CCCCCCCCCCCCCCCC(C)C)COP(=O)(O)OC[C@@H](O)COP(=O)(O)OC[C@@H](COC(=O)CCCCCCCCCCCC)OC(=O)CCCCCCCCCCCCCCCC. The average molecular weight is 1440 g/mol. The number of phosphoric ester groups is 2. The van der Waals surface area contributed by atoms with Crippen molar-refractivity contribution in [2.24, 2.45) is 5.92 Å². The highest BCUT2D eigenvalue weighted by atomic mass is 31.2. The second-order valence-electron chi connectivity index (χ2n) is 28.9. The molecule has 0 aliphatic rings. The van der Waals surface area contributed by atoms with Crippen molar-refractivity contribution in [2.45, 2.75) is 438 Å². The van der Waals surface area contributed by atoms with Gasteiger partial charge in [-0.2, -0.15) is 0 Å². The molecule has 582 valence electrons. The number of carbonyl (C=O) groups is 4. The first kappa shape index (κ1) is 96.1. The first-order valence-corrected chi connectivity index (χ1v) is 44.1. The van der Waals surface area contributed by atoms with E-state index >= 15 is 0 Å². The molecule has 19 heteroatoms. The summed E-state index contributed by atoms with van der Waals surface area (Å²) in [6.45, 7) is 7.33. The van der Waals surface area contributed by atoms with Gasteiger partial charge in [0.25, 0.3) is 0 Å². The van der Waals surface area contributed by atoms with Crippen LogP contribution in [-0.4, -0.2) is 96.7 Å². The fraction of sp³-hybridized carbons (Fsp3) is 0.949. The van der Waals surface area contributed by atoms with Gasteiger partial charge in [-0.1, -0.05) is 369 Å². The maximum absolute atomic E-state index is 13.1. The molecule has 0 bridgehead atoms. The van der Waals surface area contributed by atoms with Crippen LogP contribution in [0.3, 0.4) is 0 Å². The molecule has 2 unspecified atom stereocenters. The van der Waals surface area contributed by atoms with Crippen molar-refractivity contribution in [3.63, 3.8) is 0 Å². The molecule has 3 N–H and O–H groups in total. The van der Waals surface area contributed by atoms with Crippen LogP contribution in [-0.2, 0) is 65.4 Å². The Kier molecular flexibility index (Phi) is 70.6. The van der Waals surface area contributed by atoms with E-state index in [-0.39, 0.29) is 25.7 Å². The number of unbranched alkanes of at least 4 members (excludes halogenated alkanes) is 51. The van der Waals surface area contributed by atoms with Crippen LogP contribution in [0.1, 0.15) is 420 Å². The van der Waals surface area contributed by atoms with E-state index in [1.54, 1.807) is 0 Å². The zero-order valence-corrected chi connectivity index (χ0v) is 65.7. The lowest BCUT2D eigenvalue weighted by molar-refractivity contribution is -0.161. The molecule has 0 rings (SSSR count). The highest BCUT2D eigenvalue weighted by molar-refractivity contribution is 7.47. The molecule has 0 fully saturated rings. The monoisotopic (exact) mass is 1440 g/mol. The van der Waals surface area contributed by atoms with Gasteiger partial charge in [0.05, 0.1) is 26.4 Å².